The van der Waals surface area contributed by atoms with Crippen molar-refractivity contribution in [2.45, 2.75) is 89.9 Å². The van der Waals surface area contributed by atoms with Gasteiger partial charge >= 0.3 is 12.1 Å². The minimum Gasteiger partial charge on any atom is -0.455 e. The van der Waals surface area contributed by atoms with Crippen LogP contribution in [0.3, 0.4) is 0 Å². The molecule has 7 nitrogen and oxygen atoms in total. The highest BCUT2D eigenvalue weighted by Gasteiger charge is 2.54. The Kier molecular flexibility index (Phi) is 6.60. The van der Waals surface area contributed by atoms with Gasteiger partial charge in [-0.2, -0.15) is 13.2 Å². The smallest absolute Gasteiger partial charge is 0.417 e. The second-order valence-electron chi connectivity index (χ2n) is 11.5. The molecule has 10 heteroatoms. The average molecular weight is 535 g/mol. The van der Waals surface area contributed by atoms with E-state index in [2.05, 4.69) is 4.98 Å². The van der Waals surface area contributed by atoms with Gasteiger partial charge in [0.2, 0.25) is 0 Å². The fourth-order valence-electron chi connectivity index (χ4n) is 6.19. The van der Waals surface area contributed by atoms with E-state index in [4.69, 9.17) is 19.2 Å². The van der Waals surface area contributed by atoms with Crippen LogP contribution in [0.4, 0.5) is 13.2 Å². The Labute approximate surface area is 219 Å². The molecule has 1 saturated heterocycles. The average Bonchev–Trinajstić information content (AvgIpc) is 3.14. The molecular weight excluding hydrogens is 501 g/mol. The first kappa shape index (κ1) is 27.0. The zero-order chi connectivity index (χ0) is 27.6. The van der Waals surface area contributed by atoms with Gasteiger partial charge in [0.05, 0.1) is 28.7 Å². The SMILES string of the molecule is CC(=O)O[C@@H]1c2nc(C(C)C)c3c(c2[C@@H](O)CC1(C)C)C1(CCOCC1)O[C@@H]3c1ccc(C(F)(F)F)cn1. The lowest BCUT2D eigenvalue weighted by Gasteiger charge is -2.43. The molecule has 206 valence electrons. The van der Waals surface area contributed by atoms with Crippen LogP contribution in [-0.2, 0) is 30.8 Å². The van der Waals surface area contributed by atoms with Crippen molar-refractivity contribution < 1.29 is 37.3 Å². The molecule has 1 N–H and O–H groups in total. The van der Waals surface area contributed by atoms with Crippen molar-refractivity contribution in [2.24, 2.45) is 5.41 Å². The second-order valence-corrected chi connectivity index (χ2v) is 11.5. The van der Waals surface area contributed by atoms with Gasteiger partial charge in [-0.3, -0.25) is 14.8 Å². The largest absolute Gasteiger partial charge is 0.455 e. The molecule has 0 bridgehead atoms. The van der Waals surface area contributed by atoms with Gasteiger partial charge in [0, 0.05) is 61.4 Å². The number of fused-ring (bicyclic) bond motifs is 4. The molecule has 0 aromatic carbocycles. The van der Waals surface area contributed by atoms with Crippen molar-refractivity contribution in [1.29, 1.82) is 0 Å². The van der Waals surface area contributed by atoms with Crippen molar-refractivity contribution in [2.75, 3.05) is 13.2 Å². The van der Waals surface area contributed by atoms with Crippen LogP contribution in [0, 0.1) is 5.41 Å². The van der Waals surface area contributed by atoms with Crippen LogP contribution in [-0.4, -0.2) is 34.3 Å². The molecule has 2 aliphatic heterocycles. The monoisotopic (exact) mass is 534 g/mol. The van der Waals surface area contributed by atoms with Crippen LogP contribution in [0.15, 0.2) is 18.3 Å². The van der Waals surface area contributed by atoms with E-state index >= 15 is 0 Å². The van der Waals surface area contributed by atoms with Crippen molar-refractivity contribution in [1.82, 2.24) is 9.97 Å². The topological polar surface area (TPSA) is 90.8 Å². The Hall–Kier alpha value is -2.56. The summed E-state index contributed by atoms with van der Waals surface area (Å²) in [4.78, 5) is 21.3. The molecule has 3 atom stereocenters. The molecule has 1 aliphatic carbocycles. The van der Waals surface area contributed by atoms with Gasteiger partial charge < -0.3 is 19.3 Å². The number of carbonyl (C=O) groups excluding carboxylic acids is 1. The molecule has 0 radical (unpaired) electrons. The molecule has 4 heterocycles. The molecule has 0 unspecified atom stereocenters. The number of esters is 1. The number of aromatic nitrogens is 2. The number of alkyl halides is 3. The van der Waals surface area contributed by atoms with E-state index in [0.717, 1.165) is 23.4 Å². The number of nitrogens with zero attached hydrogens (tertiary/aromatic N) is 2. The summed E-state index contributed by atoms with van der Waals surface area (Å²) in [5.41, 5.74) is 1.40. The van der Waals surface area contributed by atoms with E-state index in [0.29, 0.717) is 55.1 Å². The predicted octanol–water partition coefficient (Wildman–Crippen LogP) is 5.81. The molecule has 1 fully saturated rings. The molecule has 5 rings (SSSR count). The molecule has 1 spiro atoms. The third-order valence-corrected chi connectivity index (χ3v) is 7.92. The Bertz CT molecular complexity index is 1240. The fraction of sp³-hybridized carbons (Fsp3) is 0.607. The molecular formula is C28H33F3N2O5. The van der Waals surface area contributed by atoms with E-state index in [1.54, 1.807) is 0 Å². The lowest BCUT2D eigenvalue weighted by molar-refractivity contribution is -0.157. The number of halogens is 3. The first-order valence-corrected chi connectivity index (χ1v) is 13.0. The van der Waals surface area contributed by atoms with Crippen LogP contribution in [0.5, 0.6) is 0 Å². The number of carbonyl (C=O) groups is 1. The first-order valence-electron chi connectivity index (χ1n) is 13.0. The van der Waals surface area contributed by atoms with Gasteiger partial charge in [-0.15, -0.1) is 0 Å². The maximum Gasteiger partial charge on any atom is 0.417 e. The van der Waals surface area contributed by atoms with Crippen LogP contribution in [0.2, 0.25) is 0 Å². The van der Waals surface area contributed by atoms with Crippen LogP contribution in [0.25, 0.3) is 0 Å². The second kappa shape index (κ2) is 9.27. The van der Waals surface area contributed by atoms with Crippen molar-refractivity contribution in [3.8, 4) is 0 Å². The number of rotatable bonds is 3. The highest BCUT2D eigenvalue weighted by Crippen LogP contribution is 2.59. The summed E-state index contributed by atoms with van der Waals surface area (Å²) in [7, 11) is 0. The number of aliphatic hydroxyl groups excluding tert-OH is 1. The van der Waals surface area contributed by atoms with Crippen LogP contribution < -0.4 is 0 Å². The summed E-state index contributed by atoms with van der Waals surface area (Å²) in [6.07, 6.45) is -4.69. The summed E-state index contributed by atoms with van der Waals surface area (Å²) < 4.78 is 58.0. The van der Waals surface area contributed by atoms with Gasteiger partial charge in [-0.05, 0) is 30.0 Å². The molecule has 0 amide bonds. The van der Waals surface area contributed by atoms with Gasteiger partial charge in [-0.1, -0.05) is 27.7 Å². The molecule has 3 aliphatic rings. The van der Waals surface area contributed by atoms with E-state index in [-0.39, 0.29) is 5.92 Å². The lowest BCUT2D eigenvalue weighted by atomic mass is 9.68. The van der Waals surface area contributed by atoms with Gasteiger partial charge in [0.25, 0.3) is 0 Å². The molecule has 38 heavy (non-hydrogen) atoms. The van der Waals surface area contributed by atoms with Crippen molar-refractivity contribution in [3.63, 3.8) is 0 Å². The van der Waals surface area contributed by atoms with E-state index in [1.807, 2.05) is 27.7 Å². The Morgan fingerprint density at radius 3 is 2.42 bits per heavy atom. The summed E-state index contributed by atoms with van der Waals surface area (Å²) in [5.74, 6) is -0.535. The third kappa shape index (κ3) is 4.40. The normalized spacial score (nSPS) is 25.8. The number of pyridine rings is 2. The number of hydrogen-bond acceptors (Lipinski definition) is 7. The minimum atomic E-state index is -4.51. The highest BCUT2D eigenvalue weighted by atomic mass is 19.4. The number of aliphatic hydroxyl groups is 1. The van der Waals surface area contributed by atoms with Crippen LogP contribution in [0.1, 0.15) is 117 Å². The van der Waals surface area contributed by atoms with Crippen molar-refractivity contribution >= 4 is 5.97 Å². The Balaban J connectivity index is 1.78. The molecule has 0 saturated carbocycles. The van der Waals surface area contributed by atoms with Crippen LogP contribution >= 0.6 is 0 Å². The lowest BCUT2D eigenvalue weighted by Crippen LogP contribution is -2.39. The van der Waals surface area contributed by atoms with Gasteiger partial charge in [0.15, 0.2) is 0 Å². The van der Waals surface area contributed by atoms with E-state index in [1.165, 1.54) is 13.0 Å². The van der Waals surface area contributed by atoms with E-state index < -0.39 is 47.0 Å². The van der Waals surface area contributed by atoms with Crippen molar-refractivity contribution in [3.05, 3.63) is 57.7 Å². The highest BCUT2D eigenvalue weighted by molar-refractivity contribution is 5.67. The summed E-state index contributed by atoms with van der Waals surface area (Å²) >= 11 is 0. The maximum absolute atomic E-state index is 13.3. The number of hydrogen-bond donors (Lipinski definition) is 1. The van der Waals surface area contributed by atoms with Gasteiger partial charge in [-0.25, -0.2) is 0 Å². The fourth-order valence-corrected chi connectivity index (χ4v) is 6.19. The van der Waals surface area contributed by atoms with E-state index in [9.17, 15) is 23.1 Å². The summed E-state index contributed by atoms with van der Waals surface area (Å²) in [6, 6.07) is 2.36. The first-order chi connectivity index (χ1) is 17.7. The van der Waals surface area contributed by atoms with Gasteiger partial charge in [0.1, 0.15) is 12.2 Å². The standard InChI is InChI=1S/C28H33F3N2O5/c1-14(2)22-20-21(19-18(35)12-26(4,5)25(23(19)33-22)37-15(3)34)27(8-10-36-11-9-27)38-24(20)17-7-6-16(13-32-17)28(29,30)31/h6-7,13-14,18,24-25,35H,8-12H2,1-5H3/t18-,24+,25+/m0/s1. The predicted molar refractivity (Wildman–Crippen MR) is 130 cm³/mol. The Morgan fingerprint density at radius 1 is 1.18 bits per heavy atom. The number of ether oxygens (including phenoxy) is 3. The summed E-state index contributed by atoms with van der Waals surface area (Å²) in [5, 5.41) is 11.5. The Morgan fingerprint density at radius 2 is 1.87 bits per heavy atom. The zero-order valence-electron chi connectivity index (χ0n) is 22.2. The third-order valence-electron chi connectivity index (χ3n) is 7.92. The quantitative estimate of drug-likeness (QED) is 0.497. The molecule has 2 aromatic rings. The zero-order valence-corrected chi connectivity index (χ0v) is 22.2. The molecule has 2 aromatic heterocycles. The maximum atomic E-state index is 13.3. The minimum absolute atomic E-state index is 0.0928. The summed E-state index contributed by atoms with van der Waals surface area (Å²) in [6.45, 7) is 10.0.